The minimum Gasteiger partial charge on any atom is -0.390 e. The second-order valence-electron chi connectivity index (χ2n) is 1.92. The number of pyridine rings is 1. The highest BCUT2D eigenvalue weighted by atomic mass is 14.9. The molecular weight excluding hydrogens is 150 g/mol. The van der Waals surface area contributed by atoms with Crippen LogP contribution >= 0.6 is 0 Å². The van der Waals surface area contributed by atoms with Crippen LogP contribution in [-0.4, -0.2) is 11.3 Å². The number of aliphatic imine (C=N–C) groups is 1. The van der Waals surface area contributed by atoms with E-state index in [1.54, 1.807) is 6.07 Å². The van der Waals surface area contributed by atoms with Gasteiger partial charge in [-0.2, -0.15) is 0 Å². The zero-order valence-corrected chi connectivity index (χ0v) is 7.78. The summed E-state index contributed by atoms with van der Waals surface area (Å²) in [6.45, 7) is 5.91. The Hall–Kier alpha value is -1.38. The molecule has 0 unspecified atom stereocenters. The quantitative estimate of drug-likeness (QED) is 0.511. The van der Waals surface area contributed by atoms with E-state index < -0.39 is 0 Å². The summed E-state index contributed by atoms with van der Waals surface area (Å²) in [7, 11) is 0. The highest BCUT2D eigenvalue weighted by molar-refractivity contribution is 5.56. The first-order chi connectivity index (χ1) is 5.83. The fraction of sp³-hybridized carbons (Fsp3) is 0.333. The fourth-order valence-corrected chi connectivity index (χ4v) is 0.677. The van der Waals surface area contributed by atoms with E-state index in [2.05, 4.69) is 9.98 Å². The topological polar surface area (TPSA) is 51.3 Å². The molecule has 66 valence electrons. The van der Waals surface area contributed by atoms with Crippen LogP contribution < -0.4 is 5.73 Å². The third-order valence-corrected chi connectivity index (χ3v) is 1.08. The lowest BCUT2D eigenvalue weighted by molar-refractivity contribution is 1.18. The van der Waals surface area contributed by atoms with E-state index in [9.17, 15) is 0 Å². The largest absolute Gasteiger partial charge is 0.390 e. The molecule has 0 aliphatic heterocycles. The van der Waals surface area contributed by atoms with Gasteiger partial charge >= 0.3 is 0 Å². The van der Waals surface area contributed by atoms with Gasteiger partial charge in [-0.3, -0.25) is 0 Å². The molecule has 3 nitrogen and oxygen atoms in total. The number of nitrogens with zero attached hydrogens (tertiary/aromatic N) is 2. The molecule has 0 amide bonds. The third-order valence-electron chi connectivity index (χ3n) is 1.08. The second kappa shape index (κ2) is 6.34. The van der Waals surface area contributed by atoms with Crippen LogP contribution in [0.1, 0.15) is 19.5 Å². The lowest BCUT2D eigenvalue weighted by atomic mass is 10.4. The summed E-state index contributed by atoms with van der Waals surface area (Å²) in [6.07, 6.45) is 1.24. The molecule has 0 aromatic carbocycles. The van der Waals surface area contributed by atoms with Crippen LogP contribution in [0.3, 0.4) is 0 Å². The van der Waals surface area contributed by atoms with Gasteiger partial charge in [-0.1, -0.05) is 19.9 Å². The predicted octanol–water partition coefficient (Wildman–Crippen LogP) is 2.03. The van der Waals surface area contributed by atoms with Crippen molar-refractivity contribution in [2.24, 2.45) is 10.7 Å². The number of nitrogens with two attached hydrogens (primary N) is 1. The molecule has 1 rings (SSSR count). The Balaban J connectivity index is 0.000000561. The summed E-state index contributed by atoms with van der Waals surface area (Å²) < 4.78 is 0. The molecule has 0 aliphatic carbocycles. The van der Waals surface area contributed by atoms with E-state index in [1.165, 1.54) is 6.34 Å². The van der Waals surface area contributed by atoms with Crippen LogP contribution in [0, 0.1) is 6.92 Å². The van der Waals surface area contributed by atoms with Gasteiger partial charge in [0.05, 0.1) is 6.34 Å². The average molecular weight is 165 g/mol. The van der Waals surface area contributed by atoms with Crippen molar-refractivity contribution in [3.8, 4) is 0 Å². The maximum atomic E-state index is 5.08. The van der Waals surface area contributed by atoms with Crippen LogP contribution in [0.4, 0.5) is 5.82 Å². The molecule has 0 saturated heterocycles. The van der Waals surface area contributed by atoms with Gasteiger partial charge in [0.25, 0.3) is 0 Å². The van der Waals surface area contributed by atoms with Gasteiger partial charge < -0.3 is 5.73 Å². The van der Waals surface area contributed by atoms with Crippen LogP contribution in [0.15, 0.2) is 23.2 Å². The maximum absolute atomic E-state index is 5.08. The zero-order valence-electron chi connectivity index (χ0n) is 7.78. The number of aryl methyl sites for hydroxylation is 1. The molecule has 1 heterocycles. The van der Waals surface area contributed by atoms with E-state index in [-0.39, 0.29) is 0 Å². The molecule has 3 heteroatoms. The fourth-order valence-electron chi connectivity index (χ4n) is 0.677. The van der Waals surface area contributed by atoms with Crippen LogP contribution in [-0.2, 0) is 0 Å². The Morgan fingerprint density at radius 1 is 1.42 bits per heavy atom. The van der Waals surface area contributed by atoms with Gasteiger partial charge in [0, 0.05) is 5.69 Å². The van der Waals surface area contributed by atoms with Crippen molar-refractivity contribution < 1.29 is 0 Å². The summed E-state index contributed by atoms with van der Waals surface area (Å²) in [5.74, 6) is 0.655. The molecule has 0 bridgehead atoms. The van der Waals surface area contributed by atoms with Crippen molar-refractivity contribution >= 4 is 12.2 Å². The third kappa shape index (κ3) is 3.71. The van der Waals surface area contributed by atoms with Gasteiger partial charge in [0.2, 0.25) is 0 Å². The van der Waals surface area contributed by atoms with Crippen LogP contribution in [0.2, 0.25) is 0 Å². The predicted molar refractivity (Wildman–Crippen MR) is 52.7 cm³/mol. The Kier molecular flexibility index (Phi) is 5.61. The Labute approximate surface area is 73.4 Å². The zero-order chi connectivity index (χ0) is 9.40. The lowest BCUT2D eigenvalue weighted by Crippen LogP contribution is -1.87. The van der Waals surface area contributed by atoms with E-state index in [0.29, 0.717) is 5.82 Å². The second-order valence-corrected chi connectivity index (χ2v) is 1.92. The molecular formula is C9H15N3. The minimum atomic E-state index is 0.655. The van der Waals surface area contributed by atoms with E-state index >= 15 is 0 Å². The lowest BCUT2D eigenvalue weighted by Gasteiger charge is -1.91. The highest BCUT2D eigenvalue weighted by Crippen LogP contribution is 2.05. The van der Waals surface area contributed by atoms with E-state index in [4.69, 9.17) is 5.73 Å². The first-order valence-corrected chi connectivity index (χ1v) is 4.01. The first kappa shape index (κ1) is 10.6. The number of aromatic nitrogens is 1. The summed E-state index contributed by atoms with van der Waals surface area (Å²) in [6, 6.07) is 5.61. The van der Waals surface area contributed by atoms with Crippen molar-refractivity contribution in [2.45, 2.75) is 20.8 Å². The monoisotopic (exact) mass is 165 g/mol. The Bertz CT molecular complexity index is 243. The smallest absolute Gasteiger partial charge is 0.153 e. The van der Waals surface area contributed by atoms with Crippen molar-refractivity contribution in [1.29, 1.82) is 0 Å². The van der Waals surface area contributed by atoms with Gasteiger partial charge in [0.15, 0.2) is 5.82 Å². The van der Waals surface area contributed by atoms with Crippen molar-refractivity contribution in [3.05, 3.63) is 23.9 Å². The average Bonchev–Trinajstić information content (AvgIpc) is 2.09. The Morgan fingerprint density at radius 2 is 2.08 bits per heavy atom. The normalized spacial score (nSPS) is 9.25. The van der Waals surface area contributed by atoms with Crippen molar-refractivity contribution in [1.82, 2.24) is 4.98 Å². The molecule has 1 aromatic heterocycles. The number of hydrogen-bond donors (Lipinski definition) is 1. The van der Waals surface area contributed by atoms with Crippen LogP contribution in [0.25, 0.3) is 0 Å². The summed E-state index contributed by atoms with van der Waals surface area (Å²) in [4.78, 5) is 7.89. The SMILES string of the molecule is CC.Cc1cccc(/N=C\N)n1. The first-order valence-electron chi connectivity index (χ1n) is 4.01. The molecule has 0 fully saturated rings. The molecule has 0 saturated carbocycles. The molecule has 0 aliphatic rings. The number of rotatable bonds is 1. The highest BCUT2D eigenvalue weighted by Gasteiger charge is 1.87. The van der Waals surface area contributed by atoms with Crippen molar-refractivity contribution in [2.75, 3.05) is 0 Å². The van der Waals surface area contributed by atoms with Gasteiger partial charge in [-0.15, -0.1) is 0 Å². The summed E-state index contributed by atoms with van der Waals surface area (Å²) in [5.41, 5.74) is 6.03. The van der Waals surface area contributed by atoms with Gasteiger partial charge in [-0.05, 0) is 19.1 Å². The molecule has 1 aromatic rings. The van der Waals surface area contributed by atoms with E-state index in [1.807, 2.05) is 32.9 Å². The molecule has 0 radical (unpaired) electrons. The van der Waals surface area contributed by atoms with Gasteiger partial charge in [0.1, 0.15) is 0 Å². The molecule has 12 heavy (non-hydrogen) atoms. The summed E-state index contributed by atoms with van der Waals surface area (Å²) >= 11 is 0. The van der Waals surface area contributed by atoms with Crippen LogP contribution in [0.5, 0.6) is 0 Å². The standard InChI is InChI=1S/C7H9N3.C2H6/c1-6-3-2-4-7(10-6)9-5-8;1-2/h2-5H,1H3,(H2,8,9,10);1-2H3. The molecule has 0 spiro atoms. The number of hydrogen-bond acceptors (Lipinski definition) is 2. The summed E-state index contributed by atoms with van der Waals surface area (Å²) in [5, 5.41) is 0. The maximum Gasteiger partial charge on any atom is 0.153 e. The van der Waals surface area contributed by atoms with E-state index in [0.717, 1.165) is 5.69 Å². The van der Waals surface area contributed by atoms with Gasteiger partial charge in [-0.25, -0.2) is 9.98 Å². The molecule has 0 atom stereocenters. The minimum absolute atomic E-state index is 0.655. The molecule has 2 N–H and O–H groups in total. The Morgan fingerprint density at radius 3 is 2.58 bits per heavy atom. The van der Waals surface area contributed by atoms with Crippen molar-refractivity contribution in [3.63, 3.8) is 0 Å².